The van der Waals surface area contributed by atoms with Gasteiger partial charge in [-0.2, -0.15) is 0 Å². The smallest absolute Gasteiger partial charge is 0.194 e. The van der Waals surface area contributed by atoms with Crippen molar-refractivity contribution < 1.29 is 17.9 Å². The van der Waals surface area contributed by atoms with Crippen LogP contribution in [0.4, 0.5) is 13.2 Å². The Morgan fingerprint density at radius 1 is 0.957 bits per heavy atom. The van der Waals surface area contributed by atoms with Crippen molar-refractivity contribution in [2.45, 2.75) is 76.4 Å². The Kier molecular flexibility index (Phi) is 5.30. The average molecular weight is 326 g/mol. The van der Waals surface area contributed by atoms with Gasteiger partial charge in [-0.25, -0.2) is 13.2 Å². The minimum absolute atomic E-state index is 0.128. The molecule has 0 aromatic heterocycles. The lowest BCUT2D eigenvalue weighted by Gasteiger charge is -2.32. The molecule has 1 saturated carbocycles. The van der Waals surface area contributed by atoms with E-state index in [0.717, 1.165) is 63.5 Å². The summed E-state index contributed by atoms with van der Waals surface area (Å²) in [5.41, 5.74) is 0.594. The Labute approximate surface area is 136 Å². The van der Waals surface area contributed by atoms with Gasteiger partial charge in [0.1, 0.15) is 0 Å². The molecule has 3 rings (SSSR count). The van der Waals surface area contributed by atoms with Crippen molar-refractivity contribution in [1.82, 2.24) is 0 Å². The van der Waals surface area contributed by atoms with Crippen LogP contribution in [-0.4, -0.2) is 12.2 Å². The third-order valence-electron chi connectivity index (χ3n) is 5.53. The Morgan fingerprint density at radius 2 is 1.61 bits per heavy atom. The van der Waals surface area contributed by atoms with E-state index >= 15 is 0 Å². The first-order valence-electron chi connectivity index (χ1n) is 8.88. The molecule has 2 unspecified atom stereocenters. The van der Waals surface area contributed by atoms with Crippen LogP contribution in [0.2, 0.25) is 0 Å². The number of ether oxygens (including phenoxy) is 1. The van der Waals surface area contributed by atoms with Gasteiger partial charge in [0.05, 0.1) is 12.2 Å². The second kappa shape index (κ2) is 7.25. The monoisotopic (exact) mass is 326 g/mol. The first kappa shape index (κ1) is 16.8. The van der Waals surface area contributed by atoms with Gasteiger partial charge in [0.15, 0.2) is 17.5 Å². The molecule has 0 amide bonds. The molecule has 1 aliphatic heterocycles. The number of rotatable bonds is 4. The zero-order valence-corrected chi connectivity index (χ0v) is 13.7. The van der Waals surface area contributed by atoms with E-state index in [-0.39, 0.29) is 5.92 Å². The van der Waals surface area contributed by atoms with Crippen molar-refractivity contribution in [2.24, 2.45) is 5.92 Å². The normalized spacial score (nSPS) is 31.5. The highest BCUT2D eigenvalue weighted by molar-refractivity contribution is 5.23. The van der Waals surface area contributed by atoms with Gasteiger partial charge in [-0.3, -0.25) is 0 Å². The number of halogens is 3. The zero-order valence-electron chi connectivity index (χ0n) is 13.7. The Balaban J connectivity index is 1.57. The number of benzene rings is 1. The van der Waals surface area contributed by atoms with E-state index in [1.54, 1.807) is 0 Å². The SMILES string of the molecule is CCCC1CCC(C2CCC(c3cc(F)c(F)c(F)c3)CC2)O1. The van der Waals surface area contributed by atoms with Crippen LogP contribution in [0.15, 0.2) is 12.1 Å². The van der Waals surface area contributed by atoms with Crippen molar-refractivity contribution in [3.8, 4) is 0 Å². The van der Waals surface area contributed by atoms with Crippen LogP contribution >= 0.6 is 0 Å². The summed E-state index contributed by atoms with van der Waals surface area (Å²) in [5.74, 6) is -2.84. The summed E-state index contributed by atoms with van der Waals surface area (Å²) in [5, 5.41) is 0. The van der Waals surface area contributed by atoms with Crippen LogP contribution in [0.25, 0.3) is 0 Å². The molecule has 0 radical (unpaired) electrons. The summed E-state index contributed by atoms with van der Waals surface area (Å²) in [6, 6.07) is 2.32. The topological polar surface area (TPSA) is 9.23 Å². The van der Waals surface area contributed by atoms with Gasteiger partial charge in [-0.1, -0.05) is 13.3 Å². The highest BCUT2D eigenvalue weighted by atomic mass is 19.2. The molecule has 23 heavy (non-hydrogen) atoms. The van der Waals surface area contributed by atoms with E-state index in [1.165, 1.54) is 0 Å². The van der Waals surface area contributed by atoms with E-state index < -0.39 is 17.5 Å². The maximum atomic E-state index is 13.4. The third kappa shape index (κ3) is 3.73. The van der Waals surface area contributed by atoms with Gasteiger partial charge < -0.3 is 4.74 Å². The zero-order chi connectivity index (χ0) is 16.4. The minimum Gasteiger partial charge on any atom is -0.375 e. The molecule has 1 saturated heterocycles. The maximum absolute atomic E-state index is 13.4. The van der Waals surface area contributed by atoms with Crippen molar-refractivity contribution >= 4 is 0 Å². The summed E-state index contributed by atoms with van der Waals surface area (Å²) >= 11 is 0. The quantitative estimate of drug-likeness (QED) is 0.642. The first-order chi connectivity index (χ1) is 11.1. The van der Waals surface area contributed by atoms with Crippen LogP contribution in [-0.2, 0) is 4.74 Å². The first-order valence-corrected chi connectivity index (χ1v) is 8.88. The van der Waals surface area contributed by atoms with Gasteiger partial charge >= 0.3 is 0 Å². The maximum Gasteiger partial charge on any atom is 0.194 e. The predicted octanol–water partition coefficient (Wildman–Crippen LogP) is 5.73. The largest absolute Gasteiger partial charge is 0.375 e. The standard InChI is InChI=1S/C19H25F3O/c1-2-3-15-8-9-18(23-15)13-6-4-12(5-7-13)14-10-16(20)19(22)17(21)11-14/h10-13,15,18H,2-9H2,1H3. The van der Waals surface area contributed by atoms with Crippen molar-refractivity contribution in [3.63, 3.8) is 0 Å². The predicted molar refractivity (Wildman–Crippen MR) is 83.8 cm³/mol. The van der Waals surface area contributed by atoms with Gasteiger partial charge in [0, 0.05) is 0 Å². The van der Waals surface area contributed by atoms with Crippen LogP contribution < -0.4 is 0 Å². The van der Waals surface area contributed by atoms with Crippen molar-refractivity contribution in [1.29, 1.82) is 0 Å². The van der Waals surface area contributed by atoms with Gasteiger partial charge in [0.25, 0.3) is 0 Å². The molecule has 4 heteroatoms. The lowest BCUT2D eigenvalue weighted by Crippen LogP contribution is -2.26. The molecule has 1 aliphatic carbocycles. The molecule has 128 valence electrons. The second-order valence-corrected chi connectivity index (χ2v) is 7.07. The summed E-state index contributed by atoms with van der Waals surface area (Å²) in [6.07, 6.45) is 9.21. The molecular weight excluding hydrogens is 301 g/mol. The van der Waals surface area contributed by atoms with Crippen LogP contribution in [0, 0.1) is 23.4 Å². The lowest BCUT2D eigenvalue weighted by atomic mass is 9.76. The molecule has 2 atom stereocenters. The summed E-state index contributed by atoms with van der Waals surface area (Å²) in [4.78, 5) is 0. The lowest BCUT2D eigenvalue weighted by molar-refractivity contribution is -0.00428. The highest BCUT2D eigenvalue weighted by Gasteiger charge is 2.34. The minimum atomic E-state index is -1.37. The van der Waals surface area contributed by atoms with Crippen LogP contribution in [0.3, 0.4) is 0 Å². The summed E-state index contributed by atoms with van der Waals surface area (Å²) < 4.78 is 46.0. The fourth-order valence-corrected chi connectivity index (χ4v) is 4.25. The Hall–Kier alpha value is -1.03. The Morgan fingerprint density at radius 3 is 2.22 bits per heavy atom. The number of hydrogen-bond acceptors (Lipinski definition) is 1. The van der Waals surface area contributed by atoms with Gasteiger partial charge in [0.2, 0.25) is 0 Å². The molecule has 2 aliphatic rings. The molecule has 2 fully saturated rings. The van der Waals surface area contributed by atoms with Crippen molar-refractivity contribution in [3.05, 3.63) is 35.1 Å². The molecule has 1 nitrogen and oxygen atoms in total. The number of hydrogen-bond donors (Lipinski definition) is 0. The molecule has 1 heterocycles. The van der Waals surface area contributed by atoms with Crippen LogP contribution in [0.1, 0.15) is 69.8 Å². The van der Waals surface area contributed by atoms with E-state index in [2.05, 4.69) is 6.92 Å². The second-order valence-electron chi connectivity index (χ2n) is 7.07. The van der Waals surface area contributed by atoms with E-state index in [4.69, 9.17) is 4.74 Å². The summed E-state index contributed by atoms with van der Waals surface area (Å²) in [6.45, 7) is 2.18. The molecule has 0 spiro atoms. The van der Waals surface area contributed by atoms with E-state index in [0.29, 0.717) is 23.7 Å². The van der Waals surface area contributed by atoms with Gasteiger partial charge in [-0.05, 0) is 74.5 Å². The molecular formula is C19H25F3O. The van der Waals surface area contributed by atoms with Crippen LogP contribution in [0.5, 0.6) is 0 Å². The molecule has 1 aromatic carbocycles. The third-order valence-corrected chi connectivity index (χ3v) is 5.53. The Bertz CT molecular complexity index is 514. The molecule has 0 bridgehead atoms. The van der Waals surface area contributed by atoms with E-state index in [1.807, 2.05) is 0 Å². The molecule has 1 aromatic rings. The average Bonchev–Trinajstić information content (AvgIpc) is 3.01. The van der Waals surface area contributed by atoms with E-state index in [9.17, 15) is 13.2 Å². The summed E-state index contributed by atoms with van der Waals surface area (Å²) in [7, 11) is 0. The fourth-order valence-electron chi connectivity index (χ4n) is 4.25. The fraction of sp³-hybridized carbons (Fsp3) is 0.684. The highest BCUT2D eigenvalue weighted by Crippen LogP contribution is 2.41. The van der Waals surface area contributed by atoms with Gasteiger partial charge in [-0.15, -0.1) is 0 Å². The molecule has 0 N–H and O–H groups in total. The van der Waals surface area contributed by atoms with Crippen molar-refractivity contribution in [2.75, 3.05) is 0 Å².